The molecule has 0 unspecified atom stereocenters. The number of furan rings is 1. The van der Waals surface area contributed by atoms with Crippen LogP contribution in [0.25, 0.3) is 0 Å². The van der Waals surface area contributed by atoms with Crippen LogP contribution in [0.15, 0.2) is 28.9 Å². The lowest BCUT2D eigenvalue weighted by Crippen LogP contribution is -2.52. The minimum absolute atomic E-state index is 0.0239. The Morgan fingerprint density at radius 2 is 2.21 bits per heavy atom. The molecule has 1 amide bonds. The summed E-state index contributed by atoms with van der Waals surface area (Å²) in [6, 6.07) is 5.41. The van der Waals surface area contributed by atoms with Crippen LogP contribution in [0.5, 0.6) is 0 Å². The number of hydrogen-bond acceptors (Lipinski definition) is 4. The van der Waals surface area contributed by atoms with E-state index in [1.54, 1.807) is 6.26 Å². The van der Waals surface area contributed by atoms with E-state index >= 15 is 0 Å². The molecule has 2 aromatic heterocycles. The van der Waals surface area contributed by atoms with Crippen molar-refractivity contribution in [3.8, 4) is 0 Å². The van der Waals surface area contributed by atoms with E-state index in [0.717, 1.165) is 22.7 Å². The number of nitrogens with zero attached hydrogens (tertiary/aromatic N) is 2. The number of ketones is 1. The van der Waals surface area contributed by atoms with Crippen molar-refractivity contribution >= 4 is 11.7 Å². The van der Waals surface area contributed by atoms with Gasteiger partial charge in [-0.1, -0.05) is 0 Å². The van der Waals surface area contributed by atoms with E-state index in [-0.39, 0.29) is 24.3 Å². The second-order valence-corrected chi connectivity index (χ2v) is 6.31. The van der Waals surface area contributed by atoms with Gasteiger partial charge in [-0.3, -0.25) is 14.5 Å². The summed E-state index contributed by atoms with van der Waals surface area (Å²) in [6.45, 7) is 8.00. The van der Waals surface area contributed by atoms with Gasteiger partial charge < -0.3 is 14.3 Å². The first-order chi connectivity index (χ1) is 11.5. The Hall–Kier alpha value is -2.34. The summed E-state index contributed by atoms with van der Waals surface area (Å²) in [4.78, 5) is 26.4. The molecule has 1 aliphatic heterocycles. The molecular weight excluding hydrogens is 306 g/mol. The first kappa shape index (κ1) is 16.5. The molecule has 1 fully saturated rings. The van der Waals surface area contributed by atoms with Crippen molar-refractivity contribution in [1.29, 1.82) is 0 Å². The van der Waals surface area contributed by atoms with Gasteiger partial charge in [0.25, 0.3) is 0 Å². The third kappa shape index (κ3) is 3.14. The quantitative estimate of drug-likeness (QED) is 0.849. The van der Waals surface area contributed by atoms with Crippen molar-refractivity contribution in [2.45, 2.75) is 33.4 Å². The zero-order chi connectivity index (χ0) is 17.3. The molecule has 24 heavy (non-hydrogen) atoms. The molecule has 2 aromatic rings. The highest BCUT2D eigenvalue weighted by molar-refractivity contribution is 6.01. The molecule has 1 N–H and O–H groups in total. The Labute approximate surface area is 141 Å². The maximum atomic E-state index is 12.9. The van der Waals surface area contributed by atoms with Gasteiger partial charge in [0, 0.05) is 30.0 Å². The van der Waals surface area contributed by atoms with E-state index in [9.17, 15) is 9.59 Å². The molecular formula is C18H23N3O3. The van der Waals surface area contributed by atoms with Gasteiger partial charge in [-0.2, -0.15) is 0 Å². The zero-order valence-electron chi connectivity index (χ0n) is 14.3. The summed E-state index contributed by atoms with van der Waals surface area (Å²) >= 11 is 0. The molecule has 0 radical (unpaired) electrons. The van der Waals surface area contributed by atoms with E-state index in [1.807, 2.05) is 43.9 Å². The van der Waals surface area contributed by atoms with Gasteiger partial charge in [0.1, 0.15) is 5.76 Å². The number of amides is 1. The van der Waals surface area contributed by atoms with Crippen LogP contribution in [0, 0.1) is 13.8 Å². The standard InChI is InChI=1S/C18H23N3O3/c1-12-9-16(13(2)21(12)10-15-5-4-8-24-15)18(23)14(3)20-7-6-19-17(22)11-20/h4-5,8-9,14H,6-7,10-11H2,1-3H3,(H,19,22)/t14-/m1/s1. The van der Waals surface area contributed by atoms with Gasteiger partial charge in [0.05, 0.1) is 25.4 Å². The van der Waals surface area contributed by atoms with Crippen LogP contribution < -0.4 is 5.32 Å². The number of carbonyl (C=O) groups excluding carboxylic acids is 2. The lowest BCUT2D eigenvalue weighted by atomic mass is 10.0. The summed E-state index contributed by atoms with van der Waals surface area (Å²) < 4.78 is 7.50. The number of piperazine rings is 1. The smallest absolute Gasteiger partial charge is 0.234 e. The number of hydrogen-bond donors (Lipinski definition) is 1. The van der Waals surface area contributed by atoms with Crippen LogP contribution in [-0.4, -0.2) is 46.8 Å². The summed E-state index contributed by atoms with van der Waals surface area (Å²) in [5.74, 6) is 0.893. The van der Waals surface area contributed by atoms with Crippen LogP contribution in [0.4, 0.5) is 0 Å². The SMILES string of the molecule is Cc1cc(C(=O)[C@@H](C)N2CCNC(=O)C2)c(C)n1Cc1ccco1. The van der Waals surface area contributed by atoms with E-state index in [0.29, 0.717) is 19.6 Å². The van der Waals surface area contributed by atoms with Crippen molar-refractivity contribution in [1.82, 2.24) is 14.8 Å². The van der Waals surface area contributed by atoms with Gasteiger partial charge in [-0.25, -0.2) is 0 Å². The molecule has 0 bridgehead atoms. The second-order valence-electron chi connectivity index (χ2n) is 6.31. The molecule has 128 valence electrons. The van der Waals surface area contributed by atoms with E-state index < -0.39 is 0 Å². The molecule has 3 heterocycles. The highest BCUT2D eigenvalue weighted by Crippen LogP contribution is 2.20. The summed E-state index contributed by atoms with van der Waals surface area (Å²) in [6.07, 6.45) is 1.65. The second kappa shape index (κ2) is 6.65. The lowest BCUT2D eigenvalue weighted by molar-refractivity contribution is -0.124. The third-order valence-corrected chi connectivity index (χ3v) is 4.73. The third-order valence-electron chi connectivity index (χ3n) is 4.73. The summed E-state index contributed by atoms with van der Waals surface area (Å²) in [5, 5.41) is 2.79. The Morgan fingerprint density at radius 1 is 1.42 bits per heavy atom. The fourth-order valence-electron chi connectivity index (χ4n) is 3.23. The lowest BCUT2D eigenvalue weighted by Gasteiger charge is -2.31. The largest absolute Gasteiger partial charge is 0.467 e. The fraction of sp³-hybridized carbons (Fsp3) is 0.444. The number of Topliss-reactive ketones (excluding diaryl/α,β-unsaturated/α-hetero) is 1. The predicted molar refractivity (Wildman–Crippen MR) is 90.1 cm³/mol. The molecule has 6 heteroatoms. The Balaban J connectivity index is 1.81. The number of rotatable bonds is 5. The van der Waals surface area contributed by atoms with Gasteiger partial charge in [0.2, 0.25) is 5.91 Å². The molecule has 6 nitrogen and oxygen atoms in total. The van der Waals surface area contributed by atoms with E-state index in [4.69, 9.17) is 4.42 Å². The first-order valence-corrected chi connectivity index (χ1v) is 8.21. The van der Waals surface area contributed by atoms with Gasteiger partial charge in [-0.05, 0) is 39.0 Å². The van der Waals surface area contributed by atoms with Crippen LogP contribution in [0.3, 0.4) is 0 Å². The normalized spacial score (nSPS) is 16.9. The van der Waals surface area contributed by atoms with Crippen molar-refractivity contribution in [2.75, 3.05) is 19.6 Å². The topological polar surface area (TPSA) is 67.5 Å². The Bertz CT molecular complexity index is 746. The molecule has 1 aliphatic rings. The minimum atomic E-state index is -0.311. The van der Waals surface area contributed by atoms with Crippen LogP contribution in [0.2, 0.25) is 0 Å². The maximum absolute atomic E-state index is 12.9. The summed E-state index contributed by atoms with van der Waals surface area (Å²) in [7, 11) is 0. The number of nitrogens with one attached hydrogen (secondary N) is 1. The molecule has 0 aliphatic carbocycles. The molecule has 1 saturated heterocycles. The van der Waals surface area contributed by atoms with Crippen molar-refractivity contribution in [2.24, 2.45) is 0 Å². The average molecular weight is 329 g/mol. The number of aryl methyl sites for hydroxylation is 1. The zero-order valence-corrected chi connectivity index (χ0v) is 14.3. The van der Waals surface area contributed by atoms with Crippen molar-refractivity contribution < 1.29 is 14.0 Å². The van der Waals surface area contributed by atoms with Crippen LogP contribution >= 0.6 is 0 Å². The first-order valence-electron chi connectivity index (χ1n) is 8.21. The van der Waals surface area contributed by atoms with Crippen molar-refractivity contribution in [3.05, 3.63) is 47.2 Å². The van der Waals surface area contributed by atoms with Crippen LogP contribution in [-0.2, 0) is 11.3 Å². The van der Waals surface area contributed by atoms with Gasteiger partial charge in [-0.15, -0.1) is 0 Å². The van der Waals surface area contributed by atoms with Crippen LogP contribution in [0.1, 0.15) is 34.4 Å². The van der Waals surface area contributed by atoms with E-state index in [2.05, 4.69) is 9.88 Å². The molecule has 0 saturated carbocycles. The summed E-state index contributed by atoms with van der Waals surface area (Å²) in [5.41, 5.74) is 2.68. The Kier molecular flexibility index (Phi) is 4.57. The molecule has 0 spiro atoms. The predicted octanol–water partition coefficient (Wildman–Crippen LogP) is 1.75. The average Bonchev–Trinajstić information content (AvgIpc) is 3.17. The number of aromatic nitrogens is 1. The maximum Gasteiger partial charge on any atom is 0.234 e. The highest BCUT2D eigenvalue weighted by Gasteiger charge is 2.28. The monoisotopic (exact) mass is 329 g/mol. The molecule has 3 rings (SSSR count). The number of carbonyl (C=O) groups is 2. The highest BCUT2D eigenvalue weighted by atomic mass is 16.3. The molecule has 0 aromatic carbocycles. The van der Waals surface area contributed by atoms with Gasteiger partial charge in [0.15, 0.2) is 5.78 Å². The van der Waals surface area contributed by atoms with E-state index in [1.165, 1.54) is 0 Å². The molecule has 1 atom stereocenters. The minimum Gasteiger partial charge on any atom is -0.467 e. The van der Waals surface area contributed by atoms with Gasteiger partial charge >= 0.3 is 0 Å². The Morgan fingerprint density at radius 3 is 2.88 bits per heavy atom. The fourth-order valence-corrected chi connectivity index (χ4v) is 3.23. The van der Waals surface area contributed by atoms with Crippen molar-refractivity contribution in [3.63, 3.8) is 0 Å².